The van der Waals surface area contributed by atoms with Crippen molar-refractivity contribution >= 4 is 40.5 Å². The number of halogens is 1. The number of carboxylic acids is 1. The van der Waals surface area contributed by atoms with Gasteiger partial charge in [0, 0.05) is 11.1 Å². The highest BCUT2D eigenvalue weighted by atomic mass is 19.1. The van der Waals surface area contributed by atoms with Gasteiger partial charge in [0.2, 0.25) is 0 Å². The van der Waals surface area contributed by atoms with Gasteiger partial charge in [0.15, 0.2) is 0 Å². The number of carbonyl (C=O) groups is 1. The molecule has 4 nitrogen and oxygen atoms in total. The minimum absolute atomic E-state index is 0.140. The van der Waals surface area contributed by atoms with E-state index in [0.29, 0.717) is 11.4 Å². The van der Waals surface area contributed by atoms with Crippen LogP contribution in [0.4, 0.5) is 15.8 Å². The maximum Gasteiger partial charge on any atom is 0.337 e. The van der Waals surface area contributed by atoms with Gasteiger partial charge in [-0.2, -0.15) is 0 Å². The van der Waals surface area contributed by atoms with Crippen molar-refractivity contribution in [2.75, 3.05) is 5.32 Å². The molecule has 0 bridgehead atoms. The molecule has 1 aromatic heterocycles. The first-order chi connectivity index (χ1) is 13.6. The van der Waals surface area contributed by atoms with Crippen LogP contribution in [-0.4, -0.2) is 11.1 Å². The summed E-state index contributed by atoms with van der Waals surface area (Å²) in [4.78, 5) is 11.5. The number of furan rings is 1. The van der Waals surface area contributed by atoms with Crippen LogP contribution >= 0.6 is 0 Å². The molecule has 0 saturated heterocycles. The van der Waals surface area contributed by atoms with Gasteiger partial charge in [-0.1, -0.05) is 24.3 Å². The molecule has 0 atom stereocenters. The van der Waals surface area contributed by atoms with E-state index in [4.69, 9.17) is 4.42 Å². The Bertz CT molecular complexity index is 1180. The maximum absolute atomic E-state index is 13.1. The van der Waals surface area contributed by atoms with E-state index in [1.54, 1.807) is 36.6 Å². The monoisotopic (exact) mass is 373 g/mol. The lowest BCUT2D eigenvalue weighted by Gasteiger charge is -2.11. The summed E-state index contributed by atoms with van der Waals surface area (Å²) in [5.74, 6) is -1.39. The van der Waals surface area contributed by atoms with Crippen LogP contribution in [0.5, 0.6) is 0 Å². The summed E-state index contributed by atoms with van der Waals surface area (Å²) in [5, 5.41) is 13.5. The van der Waals surface area contributed by atoms with Crippen LogP contribution in [-0.2, 0) is 0 Å². The van der Waals surface area contributed by atoms with Gasteiger partial charge in [0.1, 0.15) is 11.4 Å². The Morgan fingerprint density at radius 3 is 2.39 bits per heavy atom. The van der Waals surface area contributed by atoms with Crippen LogP contribution in [0.2, 0.25) is 0 Å². The highest BCUT2D eigenvalue weighted by molar-refractivity contribution is 5.96. The SMILES string of the molecule is O=C(O)c1ccc(/C=C/c2ccc3occc3c2)cc1Nc1ccc(F)cc1. The fraction of sp³-hybridized carbons (Fsp3) is 0. The van der Waals surface area contributed by atoms with Crippen LogP contribution < -0.4 is 5.32 Å². The van der Waals surface area contributed by atoms with Crippen LogP contribution in [0.1, 0.15) is 21.5 Å². The number of hydrogen-bond donors (Lipinski definition) is 2. The highest BCUT2D eigenvalue weighted by Crippen LogP contribution is 2.25. The summed E-state index contributed by atoms with van der Waals surface area (Å²) in [6.45, 7) is 0. The van der Waals surface area contributed by atoms with E-state index in [2.05, 4.69) is 5.32 Å². The summed E-state index contributed by atoms with van der Waals surface area (Å²) in [5.41, 5.74) is 3.85. The first kappa shape index (κ1) is 17.5. The number of aromatic carboxylic acids is 1. The number of benzene rings is 3. The van der Waals surface area contributed by atoms with Crippen LogP contribution in [0.15, 0.2) is 77.4 Å². The zero-order valence-corrected chi connectivity index (χ0v) is 14.7. The van der Waals surface area contributed by atoms with Gasteiger partial charge in [0.25, 0.3) is 0 Å². The summed E-state index contributed by atoms with van der Waals surface area (Å²) in [7, 11) is 0. The van der Waals surface area contributed by atoms with E-state index in [0.717, 1.165) is 22.1 Å². The van der Waals surface area contributed by atoms with Gasteiger partial charge in [-0.3, -0.25) is 0 Å². The molecule has 0 amide bonds. The van der Waals surface area contributed by atoms with E-state index in [1.807, 2.05) is 36.4 Å². The molecule has 28 heavy (non-hydrogen) atoms. The zero-order chi connectivity index (χ0) is 19.5. The predicted molar refractivity (Wildman–Crippen MR) is 108 cm³/mol. The first-order valence-electron chi connectivity index (χ1n) is 8.64. The van der Waals surface area contributed by atoms with Crippen molar-refractivity contribution in [2.24, 2.45) is 0 Å². The summed E-state index contributed by atoms with van der Waals surface area (Å²) in [6.07, 6.45) is 5.50. The second-order valence-electron chi connectivity index (χ2n) is 6.29. The maximum atomic E-state index is 13.1. The Labute approximate surface area is 160 Å². The molecule has 4 rings (SSSR count). The van der Waals surface area contributed by atoms with Gasteiger partial charge in [-0.25, -0.2) is 9.18 Å². The van der Waals surface area contributed by atoms with Crippen LogP contribution in [0, 0.1) is 5.82 Å². The van der Waals surface area contributed by atoms with Crippen molar-refractivity contribution < 1.29 is 18.7 Å². The summed E-state index contributed by atoms with van der Waals surface area (Å²) >= 11 is 0. The fourth-order valence-electron chi connectivity index (χ4n) is 2.93. The van der Waals surface area contributed by atoms with Gasteiger partial charge >= 0.3 is 5.97 Å². The lowest BCUT2D eigenvalue weighted by molar-refractivity contribution is 0.0698. The van der Waals surface area contributed by atoms with Crippen molar-refractivity contribution in [3.05, 3.63) is 95.5 Å². The molecule has 0 aliphatic carbocycles. The van der Waals surface area contributed by atoms with Crippen molar-refractivity contribution in [3.63, 3.8) is 0 Å². The number of anilines is 2. The van der Waals surface area contributed by atoms with E-state index < -0.39 is 5.97 Å². The second-order valence-corrected chi connectivity index (χ2v) is 6.29. The Morgan fingerprint density at radius 2 is 1.64 bits per heavy atom. The molecule has 0 saturated carbocycles. The van der Waals surface area contributed by atoms with Crippen molar-refractivity contribution in [1.82, 2.24) is 0 Å². The topological polar surface area (TPSA) is 62.5 Å². The van der Waals surface area contributed by atoms with Crippen molar-refractivity contribution in [2.45, 2.75) is 0 Å². The van der Waals surface area contributed by atoms with Crippen molar-refractivity contribution in [3.8, 4) is 0 Å². The average molecular weight is 373 g/mol. The van der Waals surface area contributed by atoms with E-state index in [-0.39, 0.29) is 11.4 Å². The third-order valence-corrected chi connectivity index (χ3v) is 4.34. The standard InChI is InChI=1S/C23H16FNO3/c24-18-5-7-19(8-6-18)25-21-14-16(3-9-20(21)23(26)27)2-1-15-4-10-22-17(13-15)11-12-28-22/h1-14,25H,(H,26,27)/b2-1+. The number of fused-ring (bicyclic) bond motifs is 1. The molecule has 138 valence electrons. The first-order valence-corrected chi connectivity index (χ1v) is 8.64. The smallest absolute Gasteiger partial charge is 0.337 e. The Hall–Kier alpha value is -3.86. The molecular formula is C23H16FNO3. The lowest BCUT2D eigenvalue weighted by Crippen LogP contribution is -2.03. The van der Waals surface area contributed by atoms with Gasteiger partial charge in [-0.15, -0.1) is 0 Å². The zero-order valence-electron chi connectivity index (χ0n) is 14.7. The molecule has 4 aromatic rings. The number of carboxylic acid groups (broad SMARTS) is 1. The number of hydrogen-bond acceptors (Lipinski definition) is 3. The Morgan fingerprint density at radius 1 is 0.929 bits per heavy atom. The lowest BCUT2D eigenvalue weighted by atomic mass is 10.1. The number of nitrogens with one attached hydrogen (secondary N) is 1. The normalized spacial score (nSPS) is 11.2. The minimum atomic E-state index is -1.04. The molecule has 0 radical (unpaired) electrons. The average Bonchev–Trinajstić information content (AvgIpc) is 3.16. The van der Waals surface area contributed by atoms with E-state index >= 15 is 0 Å². The van der Waals surface area contributed by atoms with E-state index in [9.17, 15) is 14.3 Å². The van der Waals surface area contributed by atoms with Gasteiger partial charge in [-0.05, 0) is 65.7 Å². The Kier molecular flexibility index (Phi) is 4.64. The largest absolute Gasteiger partial charge is 0.478 e. The van der Waals surface area contributed by atoms with E-state index in [1.165, 1.54) is 12.1 Å². The molecule has 0 aliphatic heterocycles. The molecule has 1 heterocycles. The number of rotatable bonds is 5. The summed E-state index contributed by atoms with van der Waals surface area (Å²) < 4.78 is 18.4. The van der Waals surface area contributed by atoms with Crippen molar-refractivity contribution in [1.29, 1.82) is 0 Å². The van der Waals surface area contributed by atoms with Gasteiger partial charge in [0.05, 0.1) is 17.5 Å². The quantitative estimate of drug-likeness (QED) is 0.410. The minimum Gasteiger partial charge on any atom is -0.478 e. The molecule has 0 unspecified atom stereocenters. The molecule has 0 spiro atoms. The fourth-order valence-corrected chi connectivity index (χ4v) is 2.93. The molecule has 0 aliphatic rings. The molecule has 2 N–H and O–H groups in total. The molecule has 5 heteroatoms. The van der Waals surface area contributed by atoms with Crippen LogP contribution in [0.25, 0.3) is 23.1 Å². The Balaban J connectivity index is 1.63. The second kappa shape index (κ2) is 7.40. The highest BCUT2D eigenvalue weighted by Gasteiger charge is 2.10. The predicted octanol–water partition coefficient (Wildman–Crippen LogP) is 6.18. The third-order valence-electron chi connectivity index (χ3n) is 4.34. The summed E-state index contributed by atoms with van der Waals surface area (Å²) in [6, 6.07) is 18.6. The van der Waals surface area contributed by atoms with Gasteiger partial charge < -0.3 is 14.8 Å². The van der Waals surface area contributed by atoms with Crippen LogP contribution in [0.3, 0.4) is 0 Å². The molecule has 0 fully saturated rings. The molecular weight excluding hydrogens is 357 g/mol. The third kappa shape index (κ3) is 3.78. The molecule has 3 aromatic carbocycles.